The maximum atomic E-state index is 13.0. The molecule has 1 heterocycles. The third kappa shape index (κ3) is 2.82. The van der Waals surface area contributed by atoms with E-state index in [0.29, 0.717) is 12.1 Å². The zero-order valence-electron chi connectivity index (χ0n) is 11.4. The first kappa shape index (κ1) is 13.3. The lowest BCUT2D eigenvalue weighted by molar-refractivity contribution is 0.199. The minimum atomic E-state index is -0.175. The van der Waals surface area contributed by atoms with E-state index in [0.717, 1.165) is 25.3 Å². The highest BCUT2D eigenvalue weighted by Crippen LogP contribution is 2.22. The smallest absolute Gasteiger partial charge is 0.123 e. The molecule has 0 aromatic heterocycles. The molecule has 4 heteroatoms. The zero-order chi connectivity index (χ0) is 13.1. The molecule has 1 N–H and O–H groups in total. The number of rotatable bonds is 3. The molecule has 1 saturated heterocycles. The molecule has 2 rings (SSSR count). The van der Waals surface area contributed by atoms with Crippen molar-refractivity contribution in [1.82, 2.24) is 10.2 Å². The van der Waals surface area contributed by atoms with Crippen molar-refractivity contribution in [3.63, 3.8) is 0 Å². The summed E-state index contributed by atoms with van der Waals surface area (Å²) < 4.78 is 13.0. The van der Waals surface area contributed by atoms with Crippen LogP contribution in [-0.4, -0.2) is 50.7 Å². The number of hydrogen-bond donors (Lipinski definition) is 1. The van der Waals surface area contributed by atoms with Crippen LogP contribution < -0.4 is 10.2 Å². The van der Waals surface area contributed by atoms with Crippen molar-refractivity contribution in [3.05, 3.63) is 30.1 Å². The number of likely N-dealkylation sites (N-methyl/N-ethyl adjacent to an activating group) is 2. The molecule has 0 spiro atoms. The van der Waals surface area contributed by atoms with Crippen LogP contribution in [0.5, 0.6) is 0 Å². The summed E-state index contributed by atoms with van der Waals surface area (Å²) in [6.07, 6.45) is 0. The van der Waals surface area contributed by atoms with Crippen LogP contribution in [0, 0.1) is 5.82 Å². The summed E-state index contributed by atoms with van der Waals surface area (Å²) >= 11 is 0. The summed E-state index contributed by atoms with van der Waals surface area (Å²) in [5, 5.41) is 3.24. The van der Waals surface area contributed by atoms with Gasteiger partial charge in [-0.2, -0.15) is 0 Å². The van der Waals surface area contributed by atoms with Crippen molar-refractivity contribution in [3.8, 4) is 0 Å². The lowest BCUT2D eigenvalue weighted by Gasteiger charge is -2.45. The number of anilines is 1. The van der Waals surface area contributed by atoms with E-state index in [9.17, 15) is 4.39 Å². The fourth-order valence-corrected chi connectivity index (χ4v) is 2.54. The van der Waals surface area contributed by atoms with Crippen LogP contribution in [0.2, 0.25) is 0 Å². The molecule has 2 atom stereocenters. The van der Waals surface area contributed by atoms with Crippen LogP contribution in [0.1, 0.15) is 6.92 Å². The summed E-state index contributed by atoms with van der Waals surface area (Å²) in [4.78, 5) is 4.75. The van der Waals surface area contributed by atoms with Crippen LogP contribution in [0.15, 0.2) is 24.3 Å². The van der Waals surface area contributed by atoms with Gasteiger partial charge in [-0.05, 0) is 45.3 Å². The van der Waals surface area contributed by atoms with E-state index in [2.05, 4.69) is 29.1 Å². The van der Waals surface area contributed by atoms with Crippen LogP contribution in [0.3, 0.4) is 0 Å². The van der Waals surface area contributed by atoms with Gasteiger partial charge in [0, 0.05) is 31.4 Å². The predicted molar refractivity (Wildman–Crippen MR) is 73.6 cm³/mol. The highest BCUT2D eigenvalue weighted by molar-refractivity contribution is 5.48. The Morgan fingerprint density at radius 3 is 2.56 bits per heavy atom. The van der Waals surface area contributed by atoms with Crippen molar-refractivity contribution in [2.75, 3.05) is 38.6 Å². The second kappa shape index (κ2) is 5.67. The second-order valence-electron chi connectivity index (χ2n) is 5.13. The van der Waals surface area contributed by atoms with Crippen LogP contribution in [0.4, 0.5) is 10.1 Å². The summed E-state index contributed by atoms with van der Waals surface area (Å²) in [5.74, 6) is -0.175. The molecule has 0 aliphatic carbocycles. The third-order valence-electron chi connectivity index (χ3n) is 3.75. The van der Waals surface area contributed by atoms with Gasteiger partial charge in [-0.3, -0.25) is 4.90 Å². The Balaban J connectivity index is 2.19. The van der Waals surface area contributed by atoms with Crippen LogP contribution in [-0.2, 0) is 0 Å². The maximum absolute atomic E-state index is 13.0. The standard InChI is InChI=1S/C14H22FN3/c1-11-9-18(13-6-4-12(15)5-7-13)14(8-16-2)10-17(11)3/h4-7,11,14,16H,8-10H2,1-3H3. The highest BCUT2D eigenvalue weighted by atomic mass is 19.1. The normalized spacial score (nSPS) is 25.4. The highest BCUT2D eigenvalue weighted by Gasteiger charge is 2.29. The Labute approximate surface area is 109 Å². The number of piperazine rings is 1. The van der Waals surface area contributed by atoms with E-state index in [1.54, 1.807) is 0 Å². The Kier molecular flexibility index (Phi) is 4.19. The molecule has 100 valence electrons. The van der Waals surface area contributed by atoms with Gasteiger partial charge in [0.2, 0.25) is 0 Å². The third-order valence-corrected chi connectivity index (χ3v) is 3.75. The minimum Gasteiger partial charge on any atom is -0.364 e. The summed E-state index contributed by atoms with van der Waals surface area (Å²) in [7, 11) is 4.14. The monoisotopic (exact) mass is 251 g/mol. The second-order valence-corrected chi connectivity index (χ2v) is 5.13. The van der Waals surface area contributed by atoms with Crippen LogP contribution in [0.25, 0.3) is 0 Å². The van der Waals surface area contributed by atoms with Gasteiger partial charge in [0.15, 0.2) is 0 Å². The van der Waals surface area contributed by atoms with Gasteiger partial charge in [-0.15, -0.1) is 0 Å². The Morgan fingerprint density at radius 2 is 1.94 bits per heavy atom. The summed E-state index contributed by atoms with van der Waals surface area (Å²) in [6.45, 7) is 5.18. The molecule has 3 nitrogen and oxygen atoms in total. The van der Waals surface area contributed by atoms with Gasteiger partial charge >= 0.3 is 0 Å². The SMILES string of the molecule is CNCC1CN(C)C(C)CN1c1ccc(F)cc1. The van der Waals surface area contributed by atoms with E-state index in [1.165, 1.54) is 12.1 Å². The van der Waals surface area contributed by atoms with Gasteiger partial charge in [-0.25, -0.2) is 4.39 Å². The fraction of sp³-hybridized carbons (Fsp3) is 0.571. The first-order chi connectivity index (χ1) is 8.61. The zero-order valence-corrected chi connectivity index (χ0v) is 11.4. The molecule has 0 bridgehead atoms. The number of nitrogens with one attached hydrogen (secondary N) is 1. The van der Waals surface area contributed by atoms with Crippen molar-refractivity contribution in [2.45, 2.75) is 19.0 Å². The van der Waals surface area contributed by atoms with Crippen molar-refractivity contribution in [2.24, 2.45) is 0 Å². The molecule has 0 amide bonds. The van der Waals surface area contributed by atoms with Crippen molar-refractivity contribution >= 4 is 5.69 Å². The quantitative estimate of drug-likeness (QED) is 0.879. The first-order valence-electron chi connectivity index (χ1n) is 6.49. The van der Waals surface area contributed by atoms with Gasteiger partial charge in [0.05, 0.1) is 6.04 Å². The maximum Gasteiger partial charge on any atom is 0.123 e. The molecule has 1 fully saturated rings. The van der Waals surface area contributed by atoms with Crippen molar-refractivity contribution in [1.29, 1.82) is 0 Å². The Bertz CT molecular complexity index is 379. The lowest BCUT2D eigenvalue weighted by Crippen LogP contribution is -2.58. The average molecular weight is 251 g/mol. The first-order valence-corrected chi connectivity index (χ1v) is 6.49. The largest absolute Gasteiger partial charge is 0.364 e. The van der Waals surface area contributed by atoms with Gasteiger partial charge < -0.3 is 10.2 Å². The molecule has 1 aliphatic heterocycles. The van der Waals surface area contributed by atoms with Crippen molar-refractivity contribution < 1.29 is 4.39 Å². The number of hydrogen-bond acceptors (Lipinski definition) is 3. The molecule has 1 aliphatic rings. The Morgan fingerprint density at radius 1 is 1.28 bits per heavy atom. The van der Waals surface area contributed by atoms with E-state index in [4.69, 9.17) is 0 Å². The number of nitrogens with zero attached hydrogens (tertiary/aromatic N) is 2. The van der Waals surface area contributed by atoms with E-state index < -0.39 is 0 Å². The molecular weight excluding hydrogens is 229 g/mol. The molecule has 2 unspecified atom stereocenters. The fourth-order valence-electron chi connectivity index (χ4n) is 2.54. The number of benzene rings is 1. The molecule has 0 radical (unpaired) electrons. The number of halogens is 1. The summed E-state index contributed by atoms with van der Waals surface area (Å²) in [5.41, 5.74) is 1.11. The topological polar surface area (TPSA) is 18.5 Å². The minimum absolute atomic E-state index is 0.175. The average Bonchev–Trinajstić information content (AvgIpc) is 2.35. The predicted octanol–water partition coefficient (Wildman–Crippen LogP) is 1.55. The van der Waals surface area contributed by atoms with Gasteiger partial charge in [0.25, 0.3) is 0 Å². The van der Waals surface area contributed by atoms with E-state index in [1.807, 2.05) is 19.2 Å². The Hall–Kier alpha value is -1.13. The molecule has 1 aromatic rings. The van der Waals surface area contributed by atoms with Gasteiger partial charge in [0.1, 0.15) is 5.82 Å². The molecular formula is C14H22FN3. The summed E-state index contributed by atoms with van der Waals surface area (Å²) in [6, 6.07) is 7.76. The molecule has 1 aromatic carbocycles. The van der Waals surface area contributed by atoms with Gasteiger partial charge in [-0.1, -0.05) is 0 Å². The molecule has 0 saturated carbocycles. The van der Waals surface area contributed by atoms with E-state index >= 15 is 0 Å². The van der Waals surface area contributed by atoms with E-state index in [-0.39, 0.29) is 5.82 Å². The lowest BCUT2D eigenvalue weighted by atomic mass is 10.1. The molecule has 18 heavy (non-hydrogen) atoms. The van der Waals surface area contributed by atoms with Crippen LogP contribution >= 0.6 is 0 Å².